The van der Waals surface area contributed by atoms with Gasteiger partial charge in [-0.2, -0.15) is 0 Å². The normalized spacial score (nSPS) is 15.7. The molecule has 0 amide bonds. The molecule has 2 heterocycles. The molecule has 140 valence electrons. The quantitative estimate of drug-likeness (QED) is 0.496. The van der Waals surface area contributed by atoms with Crippen LogP contribution in [0.15, 0.2) is 47.0 Å². The van der Waals surface area contributed by atoms with E-state index in [-0.39, 0.29) is 12.3 Å². The van der Waals surface area contributed by atoms with E-state index in [2.05, 4.69) is 20.2 Å². The lowest BCUT2D eigenvalue weighted by atomic mass is 10.1. The first-order chi connectivity index (χ1) is 12.6. The average molecular weight is 359 g/mol. The molecule has 26 heavy (non-hydrogen) atoms. The Bertz CT molecular complexity index is 673. The van der Waals surface area contributed by atoms with Crippen LogP contribution in [0.2, 0.25) is 0 Å². The second kappa shape index (κ2) is 10.2. The van der Waals surface area contributed by atoms with Crippen molar-refractivity contribution >= 4 is 17.7 Å². The van der Waals surface area contributed by atoms with Gasteiger partial charge < -0.3 is 27.1 Å². The van der Waals surface area contributed by atoms with E-state index in [1.165, 1.54) is 25.3 Å². The largest absolute Gasteiger partial charge is 0.403 e. The van der Waals surface area contributed by atoms with Crippen molar-refractivity contribution in [2.75, 3.05) is 37.8 Å². The predicted molar refractivity (Wildman–Crippen MR) is 104 cm³/mol. The van der Waals surface area contributed by atoms with Crippen LogP contribution < -0.4 is 21.7 Å². The number of nitrogens with one attached hydrogen (secondary N) is 2. The Morgan fingerprint density at radius 1 is 1.38 bits per heavy atom. The van der Waals surface area contributed by atoms with Gasteiger partial charge in [0.05, 0.1) is 24.5 Å². The number of alkyl halides is 1. The van der Waals surface area contributed by atoms with Gasteiger partial charge in [-0.25, -0.2) is 9.37 Å². The molecule has 0 bridgehead atoms. The summed E-state index contributed by atoms with van der Waals surface area (Å²) >= 11 is 0. The zero-order chi connectivity index (χ0) is 18.8. The maximum atomic E-state index is 12.0. The second-order valence-corrected chi connectivity index (χ2v) is 5.93. The van der Waals surface area contributed by atoms with Gasteiger partial charge in [-0.1, -0.05) is 0 Å². The zero-order valence-corrected chi connectivity index (χ0v) is 14.8. The van der Waals surface area contributed by atoms with Gasteiger partial charge in [0.15, 0.2) is 0 Å². The van der Waals surface area contributed by atoms with Crippen LogP contribution in [-0.2, 0) is 0 Å². The van der Waals surface area contributed by atoms with Crippen LogP contribution in [0.1, 0.15) is 18.4 Å². The van der Waals surface area contributed by atoms with E-state index in [4.69, 9.17) is 16.9 Å². The highest BCUT2D eigenvalue weighted by atomic mass is 19.1. The fourth-order valence-corrected chi connectivity index (χ4v) is 2.56. The standard InChI is InChI=1S/C18H26FN7/c19-5-6-23-13-16(10-20)24-12-15(21)9-17(22)14-3-4-18(25-11-14)26-7-1-2-8-26/h3-4,9-11,13,22,24H,1-2,5-8,12,20-21H2/b15-9-,16-10+,22-17?,23-13?. The van der Waals surface area contributed by atoms with Gasteiger partial charge >= 0.3 is 0 Å². The third-order valence-corrected chi connectivity index (χ3v) is 3.94. The number of hydrogen-bond acceptors (Lipinski definition) is 7. The zero-order valence-electron chi connectivity index (χ0n) is 14.8. The van der Waals surface area contributed by atoms with E-state index in [0.717, 1.165) is 18.9 Å². The summed E-state index contributed by atoms with van der Waals surface area (Å²) in [6.45, 7) is 1.95. The van der Waals surface area contributed by atoms with Crippen molar-refractivity contribution in [3.8, 4) is 0 Å². The number of nitrogens with two attached hydrogens (primary N) is 2. The Morgan fingerprint density at radius 3 is 2.77 bits per heavy atom. The lowest BCUT2D eigenvalue weighted by molar-refractivity contribution is 0.505. The van der Waals surface area contributed by atoms with Gasteiger partial charge in [-0.15, -0.1) is 0 Å². The summed E-state index contributed by atoms with van der Waals surface area (Å²) in [6, 6.07) is 3.82. The molecule has 1 aromatic rings. The van der Waals surface area contributed by atoms with Crippen molar-refractivity contribution < 1.29 is 4.39 Å². The van der Waals surface area contributed by atoms with Crippen LogP contribution in [-0.4, -0.2) is 49.8 Å². The molecule has 1 saturated heterocycles. The lowest BCUT2D eigenvalue weighted by Gasteiger charge is -2.16. The smallest absolute Gasteiger partial charge is 0.128 e. The molecule has 0 aliphatic carbocycles. The highest BCUT2D eigenvalue weighted by Gasteiger charge is 2.13. The molecule has 0 aromatic carbocycles. The highest BCUT2D eigenvalue weighted by Crippen LogP contribution is 2.17. The minimum Gasteiger partial charge on any atom is -0.403 e. The van der Waals surface area contributed by atoms with Crippen LogP contribution in [0.25, 0.3) is 0 Å². The van der Waals surface area contributed by atoms with Crippen molar-refractivity contribution in [1.82, 2.24) is 10.3 Å². The maximum absolute atomic E-state index is 12.0. The van der Waals surface area contributed by atoms with Crippen LogP contribution >= 0.6 is 0 Å². The molecule has 8 heteroatoms. The molecular formula is C18H26FN7. The Hall–Kier alpha value is -2.90. The monoisotopic (exact) mass is 359 g/mol. The maximum Gasteiger partial charge on any atom is 0.128 e. The first kappa shape index (κ1) is 19.4. The third-order valence-electron chi connectivity index (χ3n) is 3.94. The minimum atomic E-state index is -0.516. The molecule has 0 saturated carbocycles. The van der Waals surface area contributed by atoms with E-state index in [1.54, 1.807) is 12.3 Å². The first-order valence-corrected chi connectivity index (χ1v) is 8.61. The average Bonchev–Trinajstić information content (AvgIpc) is 3.19. The molecule has 0 unspecified atom stereocenters. The van der Waals surface area contributed by atoms with Crippen LogP contribution in [0.5, 0.6) is 0 Å². The van der Waals surface area contributed by atoms with Gasteiger partial charge in [0.25, 0.3) is 0 Å². The summed E-state index contributed by atoms with van der Waals surface area (Å²) < 4.78 is 12.0. The second-order valence-electron chi connectivity index (χ2n) is 5.93. The number of anilines is 1. The highest BCUT2D eigenvalue weighted by molar-refractivity contribution is 6.06. The number of pyridine rings is 1. The van der Waals surface area contributed by atoms with E-state index in [0.29, 0.717) is 23.5 Å². The van der Waals surface area contributed by atoms with Gasteiger partial charge in [-0.05, 0) is 31.1 Å². The Labute approximate surface area is 153 Å². The SMILES string of the molecule is N=C(/C=C(\N)CN/C(C=NCCF)=C/N)c1ccc(N2CCCC2)nc1. The van der Waals surface area contributed by atoms with Crippen molar-refractivity contribution in [1.29, 1.82) is 5.41 Å². The van der Waals surface area contributed by atoms with E-state index in [1.807, 2.05) is 12.1 Å². The third kappa shape index (κ3) is 5.87. The van der Waals surface area contributed by atoms with Gasteiger partial charge in [0.2, 0.25) is 0 Å². The summed E-state index contributed by atoms with van der Waals surface area (Å²) in [5.41, 5.74) is 13.4. The number of rotatable bonds is 9. The molecule has 7 nitrogen and oxygen atoms in total. The van der Waals surface area contributed by atoms with Gasteiger partial charge in [-0.3, -0.25) is 4.99 Å². The number of allylic oxidation sites excluding steroid dienone is 2. The number of hydrogen-bond donors (Lipinski definition) is 4. The summed E-state index contributed by atoms with van der Waals surface area (Å²) in [5, 5.41) is 11.1. The Morgan fingerprint density at radius 2 is 2.15 bits per heavy atom. The number of nitrogens with zero attached hydrogens (tertiary/aromatic N) is 3. The first-order valence-electron chi connectivity index (χ1n) is 8.61. The minimum absolute atomic E-state index is 0.0927. The Kier molecular flexibility index (Phi) is 7.60. The molecule has 6 N–H and O–H groups in total. The van der Waals surface area contributed by atoms with Crippen molar-refractivity contribution in [3.05, 3.63) is 47.6 Å². The summed E-state index contributed by atoms with van der Waals surface area (Å²) in [7, 11) is 0. The van der Waals surface area contributed by atoms with E-state index < -0.39 is 6.67 Å². The molecule has 0 spiro atoms. The van der Waals surface area contributed by atoms with Crippen molar-refractivity contribution in [3.63, 3.8) is 0 Å². The summed E-state index contributed by atoms with van der Waals surface area (Å²) in [4.78, 5) is 10.5. The molecule has 1 aliphatic rings. The number of aliphatic imine (C=N–C) groups is 1. The van der Waals surface area contributed by atoms with Crippen molar-refractivity contribution in [2.45, 2.75) is 12.8 Å². The predicted octanol–water partition coefficient (Wildman–Crippen LogP) is 1.32. The number of aromatic nitrogens is 1. The topological polar surface area (TPSA) is 116 Å². The lowest BCUT2D eigenvalue weighted by Crippen LogP contribution is -2.23. The molecule has 2 rings (SSSR count). The van der Waals surface area contributed by atoms with E-state index >= 15 is 0 Å². The van der Waals surface area contributed by atoms with Crippen LogP contribution in [0.4, 0.5) is 10.2 Å². The molecule has 0 radical (unpaired) electrons. The molecule has 1 fully saturated rings. The fourth-order valence-electron chi connectivity index (χ4n) is 2.56. The molecular weight excluding hydrogens is 333 g/mol. The van der Waals surface area contributed by atoms with Crippen molar-refractivity contribution in [2.24, 2.45) is 16.5 Å². The van der Waals surface area contributed by atoms with E-state index in [9.17, 15) is 4.39 Å². The fraction of sp³-hybridized carbons (Fsp3) is 0.389. The van der Waals surface area contributed by atoms with Gasteiger partial charge in [0, 0.05) is 43.0 Å². The Balaban J connectivity index is 1.90. The summed E-state index contributed by atoms with van der Waals surface area (Å²) in [5.74, 6) is 0.947. The molecule has 0 atom stereocenters. The molecule has 1 aliphatic heterocycles. The van der Waals surface area contributed by atoms with Gasteiger partial charge in [0.1, 0.15) is 12.5 Å². The number of halogens is 1. The van der Waals surface area contributed by atoms with Crippen LogP contribution in [0, 0.1) is 5.41 Å². The molecule has 1 aromatic heterocycles. The summed E-state index contributed by atoms with van der Waals surface area (Å²) in [6.07, 6.45) is 8.46. The van der Waals surface area contributed by atoms with Crippen LogP contribution in [0.3, 0.4) is 0 Å².